The molecule has 0 saturated carbocycles. The zero-order valence-electron chi connectivity index (χ0n) is 12.2. The fourth-order valence-corrected chi connectivity index (χ4v) is 2.64. The van der Waals surface area contributed by atoms with Crippen LogP contribution < -0.4 is 5.32 Å². The molecule has 0 saturated heterocycles. The van der Waals surface area contributed by atoms with Crippen molar-refractivity contribution in [1.29, 1.82) is 0 Å². The van der Waals surface area contributed by atoms with E-state index in [0.29, 0.717) is 6.54 Å². The molecule has 2 aromatic rings. The standard InChI is InChI=1S/C14H18N4O2S/c1-11-8-14(17-10-16-11)15-9-12-4-6-13(7-5-12)21(19,20)18(2)3/h4-8,10H,9H2,1-3H3,(H,15,16,17). The SMILES string of the molecule is Cc1cc(NCc2ccc(S(=O)(=O)N(C)C)cc2)ncn1. The summed E-state index contributed by atoms with van der Waals surface area (Å²) >= 11 is 0. The van der Waals surface area contributed by atoms with Crippen LogP contribution in [0.1, 0.15) is 11.3 Å². The Kier molecular flexibility index (Phi) is 4.54. The first-order chi connectivity index (χ1) is 9.89. The van der Waals surface area contributed by atoms with Crippen LogP contribution in [0, 0.1) is 6.92 Å². The van der Waals surface area contributed by atoms with Gasteiger partial charge in [0.1, 0.15) is 12.1 Å². The average molecular weight is 306 g/mol. The molecule has 1 N–H and O–H groups in total. The molecule has 0 atom stereocenters. The van der Waals surface area contributed by atoms with Crippen LogP contribution in [0.5, 0.6) is 0 Å². The van der Waals surface area contributed by atoms with Gasteiger partial charge in [0.25, 0.3) is 0 Å². The van der Waals surface area contributed by atoms with Gasteiger partial charge in [-0.2, -0.15) is 0 Å². The third-order valence-electron chi connectivity index (χ3n) is 2.98. The summed E-state index contributed by atoms with van der Waals surface area (Å²) in [5.74, 6) is 0.743. The number of benzene rings is 1. The Morgan fingerprint density at radius 2 is 1.81 bits per heavy atom. The molecular weight excluding hydrogens is 288 g/mol. The van der Waals surface area contributed by atoms with Crippen LogP contribution in [0.2, 0.25) is 0 Å². The summed E-state index contributed by atoms with van der Waals surface area (Å²) in [6.07, 6.45) is 1.50. The van der Waals surface area contributed by atoms with Crippen LogP contribution >= 0.6 is 0 Å². The Morgan fingerprint density at radius 1 is 1.14 bits per heavy atom. The van der Waals surface area contributed by atoms with Gasteiger partial charge in [-0.05, 0) is 24.6 Å². The molecular formula is C14H18N4O2S. The van der Waals surface area contributed by atoms with E-state index in [4.69, 9.17) is 0 Å². The lowest BCUT2D eigenvalue weighted by Crippen LogP contribution is -2.22. The van der Waals surface area contributed by atoms with Crippen molar-refractivity contribution in [3.05, 3.63) is 47.9 Å². The first kappa shape index (κ1) is 15.4. The van der Waals surface area contributed by atoms with Crippen LogP contribution in [0.3, 0.4) is 0 Å². The van der Waals surface area contributed by atoms with E-state index in [9.17, 15) is 8.42 Å². The van der Waals surface area contributed by atoms with Crippen LogP contribution in [-0.2, 0) is 16.6 Å². The summed E-state index contributed by atoms with van der Waals surface area (Å²) in [5, 5.41) is 3.17. The van der Waals surface area contributed by atoms with Crippen molar-refractivity contribution in [1.82, 2.24) is 14.3 Å². The molecule has 6 nitrogen and oxygen atoms in total. The quantitative estimate of drug-likeness (QED) is 0.909. The minimum atomic E-state index is -3.37. The van der Waals surface area contributed by atoms with Gasteiger partial charge in [0, 0.05) is 32.4 Å². The molecule has 0 aliphatic carbocycles. The highest BCUT2D eigenvalue weighted by atomic mass is 32.2. The van der Waals surface area contributed by atoms with Gasteiger partial charge >= 0.3 is 0 Å². The highest BCUT2D eigenvalue weighted by Gasteiger charge is 2.16. The average Bonchev–Trinajstić information content (AvgIpc) is 2.45. The van der Waals surface area contributed by atoms with E-state index in [-0.39, 0.29) is 4.90 Å². The third kappa shape index (κ3) is 3.77. The van der Waals surface area contributed by atoms with Crippen LogP contribution in [-0.4, -0.2) is 36.8 Å². The van der Waals surface area contributed by atoms with E-state index >= 15 is 0 Å². The van der Waals surface area contributed by atoms with Crippen molar-refractivity contribution in [2.75, 3.05) is 19.4 Å². The fraction of sp³-hybridized carbons (Fsp3) is 0.286. The summed E-state index contributed by atoms with van der Waals surface area (Å²) < 4.78 is 25.1. The molecule has 0 aliphatic rings. The lowest BCUT2D eigenvalue weighted by Gasteiger charge is -2.12. The summed E-state index contributed by atoms with van der Waals surface area (Å²) in [7, 11) is -0.342. The molecule has 2 rings (SSSR count). The predicted octanol–water partition coefficient (Wildman–Crippen LogP) is 1.65. The highest BCUT2D eigenvalue weighted by molar-refractivity contribution is 7.89. The molecule has 21 heavy (non-hydrogen) atoms. The summed E-state index contributed by atoms with van der Waals surface area (Å²) in [6.45, 7) is 2.46. The van der Waals surface area contributed by atoms with Crippen LogP contribution in [0.15, 0.2) is 41.6 Å². The zero-order chi connectivity index (χ0) is 15.5. The number of anilines is 1. The van der Waals surface area contributed by atoms with Crippen molar-refractivity contribution < 1.29 is 8.42 Å². The first-order valence-corrected chi connectivity index (χ1v) is 7.87. The number of nitrogens with one attached hydrogen (secondary N) is 1. The number of aromatic nitrogens is 2. The van der Waals surface area contributed by atoms with E-state index in [1.165, 1.54) is 24.7 Å². The van der Waals surface area contributed by atoms with E-state index in [2.05, 4.69) is 15.3 Å². The number of rotatable bonds is 5. The normalized spacial score (nSPS) is 11.6. The van der Waals surface area contributed by atoms with E-state index in [0.717, 1.165) is 17.1 Å². The second-order valence-corrected chi connectivity index (χ2v) is 6.98. The highest BCUT2D eigenvalue weighted by Crippen LogP contribution is 2.14. The fourth-order valence-electron chi connectivity index (χ4n) is 1.73. The van der Waals surface area contributed by atoms with Crippen LogP contribution in [0.4, 0.5) is 5.82 Å². The molecule has 0 fully saturated rings. The molecule has 0 unspecified atom stereocenters. The Morgan fingerprint density at radius 3 is 2.38 bits per heavy atom. The molecule has 0 spiro atoms. The van der Waals surface area contributed by atoms with Gasteiger partial charge in [0.15, 0.2) is 0 Å². The Bertz CT molecular complexity index is 712. The van der Waals surface area contributed by atoms with Gasteiger partial charge in [-0.25, -0.2) is 22.7 Å². The number of aryl methyl sites for hydroxylation is 1. The lowest BCUT2D eigenvalue weighted by atomic mass is 10.2. The maximum absolute atomic E-state index is 12.0. The van der Waals surface area contributed by atoms with E-state index < -0.39 is 10.0 Å². The smallest absolute Gasteiger partial charge is 0.242 e. The largest absolute Gasteiger partial charge is 0.366 e. The second kappa shape index (κ2) is 6.19. The van der Waals surface area contributed by atoms with Gasteiger partial charge in [-0.15, -0.1) is 0 Å². The minimum absolute atomic E-state index is 0.286. The van der Waals surface area contributed by atoms with Crippen LogP contribution in [0.25, 0.3) is 0 Å². The Labute approximate surface area is 124 Å². The van der Waals surface area contributed by atoms with Gasteiger partial charge in [-0.3, -0.25) is 0 Å². The molecule has 1 aromatic heterocycles. The lowest BCUT2D eigenvalue weighted by molar-refractivity contribution is 0.520. The number of nitrogens with zero attached hydrogens (tertiary/aromatic N) is 3. The predicted molar refractivity (Wildman–Crippen MR) is 81.4 cm³/mol. The molecule has 0 radical (unpaired) electrons. The summed E-state index contributed by atoms with van der Waals surface area (Å²) in [6, 6.07) is 8.65. The Hall–Kier alpha value is -1.99. The Balaban J connectivity index is 2.07. The molecule has 1 aromatic carbocycles. The molecule has 0 aliphatic heterocycles. The van der Waals surface area contributed by atoms with E-state index in [1.807, 2.05) is 13.0 Å². The van der Waals surface area contributed by atoms with Crippen molar-refractivity contribution >= 4 is 15.8 Å². The maximum atomic E-state index is 12.0. The number of hydrogen-bond acceptors (Lipinski definition) is 5. The van der Waals surface area contributed by atoms with Gasteiger partial charge in [0.2, 0.25) is 10.0 Å². The monoisotopic (exact) mass is 306 g/mol. The zero-order valence-corrected chi connectivity index (χ0v) is 13.1. The molecule has 1 heterocycles. The van der Waals surface area contributed by atoms with Crippen molar-refractivity contribution in [2.45, 2.75) is 18.4 Å². The van der Waals surface area contributed by atoms with E-state index in [1.54, 1.807) is 24.3 Å². The molecule has 112 valence electrons. The molecule has 0 bridgehead atoms. The second-order valence-electron chi connectivity index (χ2n) is 4.83. The topological polar surface area (TPSA) is 75.2 Å². The number of sulfonamides is 1. The number of hydrogen-bond donors (Lipinski definition) is 1. The molecule has 0 amide bonds. The van der Waals surface area contributed by atoms with Crippen molar-refractivity contribution in [3.63, 3.8) is 0 Å². The van der Waals surface area contributed by atoms with Gasteiger partial charge in [-0.1, -0.05) is 12.1 Å². The molecule has 7 heteroatoms. The van der Waals surface area contributed by atoms with Gasteiger partial charge < -0.3 is 5.32 Å². The first-order valence-electron chi connectivity index (χ1n) is 6.43. The van der Waals surface area contributed by atoms with Gasteiger partial charge in [0.05, 0.1) is 4.90 Å². The summed E-state index contributed by atoms with van der Waals surface area (Å²) in [5.41, 5.74) is 1.86. The minimum Gasteiger partial charge on any atom is -0.366 e. The summed E-state index contributed by atoms with van der Waals surface area (Å²) in [4.78, 5) is 8.42. The van der Waals surface area contributed by atoms with Crippen molar-refractivity contribution in [3.8, 4) is 0 Å². The third-order valence-corrected chi connectivity index (χ3v) is 4.81. The van der Waals surface area contributed by atoms with Crippen molar-refractivity contribution in [2.24, 2.45) is 0 Å². The maximum Gasteiger partial charge on any atom is 0.242 e.